The molecule has 0 radical (unpaired) electrons. The Hall–Kier alpha value is -1.22. The molecule has 0 aromatic rings. The molecule has 3 nitrogen and oxygen atoms in total. The van der Waals surface area contributed by atoms with Crippen molar-refractivity contribution in [3.8, 4) is 0 Å². The number of rotatable bonds is 3. The van der Waals surface area contributed by atoms with E-state index in [0.29, 0.717) is 6.42 Å². The minimum atomic E-state index is -0.355. The molecule has 0 fully saturated rings. The highest BCUT2D eigenvalue weighted by atomic mass is 16.5. The van der Waals surface area contributed by atoms with E-state index in [2.05, 4.69) is 0 Å². The number of carbonyl (C=O) groups is 2. The number of allylic oxidation sites excluding steroid dienone is 3. The first kappa shape index (κ1) is 9.86. The first-order chi connectivity index (χ1) is 6.27. The minimum Gasteiger partial charge on any atom is -0.373 e. The number of ether oxygens (including phenoxy) is 1. The van der Waals surface area contributed by atoms with Gasteiger partial charge in [0.05, 0.1) is 0 Å². The van der Waals surface area contributed by atoms with E-state index in [1.807, 2.05) is 0 Å². The molecular formula is C10H12O3. The lowest BCUT2D eigenvalue weighted by molar-refractivity contribution is -0.125. The molecule has 0 N–H and O–H groups in total. The summed E-state index contributed by atoms with van der Waals surface area (Å²) < 4.78 is 4.99. The highest BCUT2D eigenvalue weighted by molar-refractivity contribution is 5.94. The molecule has 0 spiro atoms. The van der Waals surface area contributed by atoms with Crippen molar-refractivity contribution in [3.63, 3.8) is 0 Å². The van der Waals surface area contributed by atoms with Crippen molar-refractivity contribution >= 4 is 12.1 Å². The lowest BCUT2D eigenvalue weighted by Gasteiger charge is -2.19. The van der Waals surface area contributed by atoms with Crippen molar-refractivity contribution in [2.45, 2.75) is 12.5 Å². The summed E-state index contributed by atoms with van der Waals surface area (Å²) in [6, 6.07) is 0. The molecular weight excluding hydrogens is 168 g/mol. The van der Waals surface area contributed by atoms with Gasteiger partial charge in [0.2, 0.25) is 0 Å². The van der Waals surface area contributed by atoms with Gasteiger partial charge >= 0.3 is 0 Å². The Morgan fingerprint density at radius 1 is 1.62 bits per heavy atom. The van der Waals surface area contributed by atoms with Crippen molar-refractivity contribution < 1.29 is 14.3 Å². The van der Waals surface area contributed by atoms with Crippen LogP contribution < -0.4 is 0 Å². The van der Waals surface area contributed by atoms with E-state index >= 15 is 0 Å². The van der Waals surface area contributed by atoms with Crippen molar-refractivity contribution in [2.75, 3.05) is 7.11 Å². The third-order valence-electron chi connectivity index (χ3n) is 2.03. The van der Waals surface area contributed by atoms with Gasteiger partial charge in [0, 0.05) is 7.11 Å². The molecule has 1 aliphatic rings. The van der Waals surface area contributed by atoms with Crippen LogP contribution >= 0.6 is 0 Å². The predicted octanol–water partition coefficient (Wildman–Crippen LogP) is 0.902. The average Bonchev–Trinajstić information content (AvgIpc) is 2.16. The number of methoxy groups -OCH3 is 1. The third-order valence-corrected chi connectivity index (χ3v) is 2.03. The molecule has 0 heterocycles. The summed E-state index contributed by atoms with van der Waals surface area (Å²) >= 11 is 0. The van der Waals surface area contributed by atoms with Gasteiger partial charge in [-0.3, -0.25) is 9.59 Å². The second-order valence-electron chi connectivity index (χ2n) is 2.91. The Labute approximate surface area is 77.1 Å². The molecule has 2 atom stereocenters. The average molecular weight is 180 g/mol. The maximum absolute atomic E-state index is 11.1. The molecule has 0 aromatic carbocycles. The zero-order valence-corrected chi connectivity index (χ0v) is 7.47. The van der Waals surface area contributed by atoms with Crippen LogP contribution in [-0.2, 0) is 14.3 Å². The van der Waals surface area contributed by atoms with E-state index in [9.17, 15) is 9.59 Å². The summed E-state index contributed by atoms with van der Waals surface area (Å²) in [5.74, 6) is 0.131. The summed E-state index contributed by atoms with van der Waals surface area (Å²) in [5.41, 5.74) is 0. The Balaban J connectivity index is 2.62. The van der Waals surface area contributed by atoms with Crippen molar-refractivity contribution in [1.82, 2.24) is 0 Å². The molecule has 0 saturated carbocycles. The molecule has 1 aliphatic carbocycles. The Bertz CT molecular complexity index is 253. The third kappa shape index (κ3) is 2.63. The van der Waals surface area contributed by atoms with E-state index in [0.717, 1.165) is 6.29 Å². The molecule has 0 amide bonds. The van der Waals surface area contributed by atoms with Crippen LogP contribution in [0.3, 0.4) is 0 Å². The van der Waals surface area contributed by atoms with Crippen LogP contribution in [0, 0.1) is 5.92 Å². The molecule has 0 aromatic heterocycles. The summed E-state index contributed by atoms with van der Waals surface area (Å²) in [7, 11) is 1.52. The summed E-state index contributed by atoms with van der Waals surface area (Å²) in [6.45, 7) is 0. The molecule has 1 rings (SSSR count). The quantitative estimate of drug-likeness (QED) is 0.478. The largest absolute Gasteiger partial charge is 0.373 e. The molecule has 0 saturated heterocycles. The highest BCUT2D eigenvalue weighted by Crippen LogP contribution is 2.18. The number of aldehydes is 1. The topological polar surface area (TPSA) is 43.4 Å². The van der Waals surface area contributed by atoms with Gasteiger partial charge in [0.25, 0.3) is 0 Å². The fraction of sp³-hybridized carbons (Fsp3) is 0.400. The molecule has 2 unspecified atom stereocenters. The molecule has 0 bridgehead atoms. The first-order valence-electron chi connectivity index (χ1n) is 4.14. The van der Waals surface area contributed by atoms with Gasteiger partial charge in [-0.05, 0) is 24.5 Å². The van der Waals surface area contributed by atoms with Gasteiger partial charge in [-0.1, -0.05) is 12.2 Å². The molecule has 0 aliphatic heterocycles. The fourth-order valence-electron chi connectivity index (χ4n) is 1.31. The van der Waals surface area contributed by atoms with Crippen molar-refractivity contribution in [2.24, 2.45) is 5.92 Å². The van der Waals surface area contributed by atoms with Crippen LogP contribution in [0.1, 0.15) is 6.42 Å². The van der Waals surface area contributed by atoms with Crippen molar-refractivity contribution in [3.05, 3.63) is 24.3 Å². The van der Waals surface area contributed by atoms with Crippen molar-refractivity contribution in [1.29, 1.82) is 0 Å². The smallest absolute Gasteiger partial charge is 0.184 e. The summed E-state index contributed by atoms with van der Waals surface area (Å²) in [4.78, 5) is 21.2. The number of carbonyl (C=O) groups excluding carboxylic acids is 2. The molecule has 13 heavy (non-hydrogen) atoms. The van der Waals surface area contributed by atoms with Crippen LogP contribution in [-0.4, -0.2) is 25.3 Å². The van der Waals surface area contributed by atoms with Gasteiger partial charge in [-0.25, -0.2) is 0 Å². The standard InChI is InChI=1S/C10H12O3/c1-13-10-7-8(3-2-6-11)4-5-9(10)12/h2-6,8,10H,7H2,1H3. The Kier molecular flexibility index (Phi) is 3.58. The van der Waals surface area contributed by atoms with E-state index in [-0.39, 0.29) is 17.8 Å². The second-order valence-corrected chi connectivity index (χ2v) is 2.91. The van der Waals surface area contributed by atoms with Crippen LogP contribution in [0.25, 0.3) is 0 Å². The Morgan fingerprint density at radius 2 is 2.38 bits per heavy atom. The van der Waals surface area contributed by atoms with Gasteiger partial charge in [-0.15, -0.1) is 0 Å². The maximum atomic E-state index is 11.1. The van der Waals surface area contributed by atoms with Crippen LogP contribution in [0.15, 0.2) is 24.3 Å². The summed E-state index contributed by atoms with van der Waals surface area (Å²) in [5, 5.41) is 0. The second kappa shape index (κ2) is 4.72. The van der Waals surface area contributed by atoms with Crippen LogP contribution in [0.5, 0.6) is 0 Å². The van der Waals surface area contributed by atoms with Gasteiger partial charge < -0.3 is 4.74 Å². The lowest BCUT2D eigenvalue weighted by Crippen LogP contribution is -2.26. The zero-order valence-electron chi connectivity index (χ0n) is 7.47. The van der Waals surface area contributed by atoms with Crippen LogP contribution in [0.2, 0.25) is 0 Å². The Morgan fingerprint density at radius 3 is 3.00 bits per heavy atom. The van der Waals surface area contributed by atoms with E-state index in [1.54, 1.807) is 12.2 Å². The molecule has 3 heteroatoms. The number of hydrogen-bond acceptors (Lipinski definition) is 3. The molecule has 70 valence electrons. The summed E-state index contributed by atoms with van der Waals surface area (Å²) in [6.07, 6.45) is 7.50. The first-order valence-corrected chi connectivity index (χ1v) is 4.14. The lowest BCUT2D eigenvalue weighted by atomic mass is 9.92. The van der Waals surface area contributed by atoms with E-state index < -0.39 is 0 Å². The monoisotopic (exact) mass is 180 g/mol. The predicted molar refractivity (Wildman–Crippen MR) is 48.3 cm³/mol. The SMILES string of the molecule is COC1CC(C=CC=O)C=CC1=O. The van der Waals surface area contributed by atoms with E-state index in [1.165, 1.54) is 19.3 Å². The maximum Gasteiger partial charge on any atom is 0.184 e. The van der Waals surface area contributed by atoms with Gasteiger partial charge in [0.1, 0.15) is 12.4 Å². The fourth-order valence-corrected chi connectivity index (χ4v) is 1.31. The normalized spacial score (nSPS) is 28.2. The zero-order chi connectivity index (χ0) is 9.68. The van der Waals surface area contributed by atoms with Gasteiger partial charge in [-0.2, -0.15) is 0 Å². The van der Waals surface area contributed by atoms with E-state index in [4.69, 9.17) is 4.74 Å². The van der Waals surface area contributed by atoms with Gasteiger partial charge in [0.15, 0.2) is 5.78 Å². The highest BCUT2D eigenvalue weighted by Gasteiger charge is 2.22. The number of ketones is 1. The minimum absolute atomic E-state index is 0.00162. The van der Waals surface area contributed by atoms with Crippen LogP contribution in [0.4, 0.5) is 0 Å². The number of hydrogen-bond donors (Lipinski definition) is 0.